The molecule has 5 heteroatoms. The van der Waals surface area contributed by atoms with Gasteiger partial charge in [0.25, 0.3) is 0 Å². The van der Waals surface area contributed by atoms with Gasteiger partial charge in [-0.3, -0.25) is 0 Å². The summed E-state index contributed by atoms with van der Waals surface area (Å²) in [5.74, 6) is 0. The molecule has 0 aliphatic carbocycles. The van der Waals surface area contributed by atoms with E-state index in [-0.39, 0.29) is 0 Å². The van der Waals surface area contributed by atoms with E-state index >= 15 is 0 Å². The Morgan fingerprint density at radius 1 is 1.33 bits per heavy atom. The summed E-state index contributed by atoms with van der Waals surface area (Å²) in [7, 11) is -0.130. The molecule has 0 aliphatic heterocycles. The Morgan fingerprint density at radius 3 is 2.33 bits per heavy atom. The SMILES string of the molecule is CCC[Si](CBr)(OC)OCCBr. The molecular formula is C7H16Br2O2Si. The Bertz CT molecular complexity index is 110. The van der Waals surface area contributed by atoms with Crippen LogP contribution in [0.2, 0.25) is 6.04 Å². The fraction of sp³-hybridized carbons (Fsp3) is 1.00. The van der Waals surface area contributed by atoms with Gasteiger partial charge in [0.05, 0.1) is 0 Å². The number of halogens is 2. The number of rotatable bonds is 7. The highest BCUT2D eigenvalue weighted by atomic mass is 79.9. The lowest BCUT2D eigenvalue weighted by molar-refractivity contribution is 0.216. The van der Waals surface area contributed by atoms with Gasteiger partial charge >= 0.3 is 8.56 Å². The summed E-state index contributed by atoms with van der Waals surface area (Å²) in [4.78, 5) is 0.858. The van der Waals surface area contributed by atoms with Crippen LogP contribution in [0.3, 0.4) is 0 Å². The van der Waals surface area contributed by atoms with E-state index < -0.39 is 8.56 Å². The van der Waals surface area contributed by atoms with Crippen LogP contribution in [0.5, 0.6) is 0 Å². The zero-order valence-corrected chi connectivity index (χ0v) is 11.8. The number of alkyl halides is 2. The molecule has 0 aromatic heterocycles. The van der Waals surface area contributed by atoms with E-state index in [0.717, 1.165) is 29.4 Å². The summed E-state index contributed by atoms with van der Waals surface area (Å²) in [5, 5.41) is 0.877. The van der Waals surface area contributed by atoms with E-state index in [1.807, 2.05) is 0 Å². The quantitative estimate of drug-likeness (QED) is 0.530. The van der Waals surface area contributed by atoms with Gasteiger partial charge in [0.1, 0.15) is 0 Å². The molecular weight excluding hydrogens is 304 g/mol. The van der Waals surface area contributed by atoms with E-state index in [2.05, 4.69) is 38.8 Å². The average molecular weight is 320 g/mol. The highest BCUT2D eigenvalue weighted by Gasteiger charge is 2.33. The summed E-state index contributed by atoms with van der Waals surface area (Å²) >= 11 is 6.80. The first-order chi connectivity index (χ1) is 5.74. The topological polar surface area (TPSA) is 18.5 Å². The van der Waals surface area contributed by atoms with Gasteiger partial charge in [-0.05, 0) is 6.04 Å². The van der Waals surface area contributed by atoms with E-state index in [1.165, 1.54) is 0 Å². The van der Waals surface area contributed by atoms with Crippen molar-refractivity contribution in [2.75, 3.05) is 24.0 Å². The van der Waals surface area contributed by atoms with Gasteiger partial charge < -0.3 is 8.85 Å². The lowest BCUT2D eigenvalue weighted by Crippen LogP contribution is -2.43. The molecule has 0 N–H and O–H groups in total. The zero-order valence-electron chi connectivity index (χ0n) is 7.61. The van der Waals surface area contributed by atoms with E-state index in [1.54, 1.807) is 7.11 Å². The minimum Gasteiger partial charge on any atom is -0.397 e. The molecule has 12 heavy (non-hydrogen) atoms. The molecule has 1 atom stereocenters. The Morgan fingerprint density at radius 2 is 2.00 bits per heavy atom. The summed E-state index contributed by atoms with van der Waals surface area (Å²) in [5.41, 5.74) is 0. The van der Waals surface area contributed by atoms with Gasteiger partial charge in [0.2, 0.25) is 0 Å². The van der Waals surface area contributed by atoms with Crippen molar-refractivity contribution in [1.82, 2.24) is 0 Å². The smallest absolute Gasteiger partial charge is 0.348 e. The highest BCUT2D eigenvalue weighted by Crippen LogP contribution is 2.17. The van der Waals surface area contributed by atoms with Crippen molar-refractivity contribution in [3.05, 3.63) is 0 Å². The molecule has 0 saturated heterocycles. The molecule has 74 valence electrons. The van der Waals surface area contributed by atoms with Crippen LogP contribution >= 0.6 is 31.9 Å². The van der Waals surface area contributed by atoms with Gasteiger partial charge in [-0.25, -0.2) is 0 Å². The normalized spacial score (nSPS) is 16.0. The molecule has 0 fully saturated rings. The van der Waals surface area contributed by atoms with Crippen LogP contribution in [0, 0.1) is 0 Å². The summed E-state index contributed by atoms with van der Waals surface area (Å²) in [6.45, 7) is 2.90. The van der Waals surface area contributed by atoms with Crippen molar-refractivity contribution in [3.63, 3.8) is 0 Å². The van der Waals surface area contributed by atoms with Crippen molar-refractivity contribution in [2.45, 2.75) is 19.4 Å². The molecule has 2 nitrogen and oxygen atoms in total. The first-order valence-corrected chi connectivity index (χ1v) is 8.53. The molecule has 0 amide bonds. The van der Waals surface area contributed by atoms with Gasteiger partial charge in [0.15, 0.2) is 0 Å². The standard InChI is InChI=1S/C7H16Br2O2Si/c1-3-6-12(7-9,10-2)11-5-4-8/h3-7H2,1-2H3. The third kappa shape index (κ3) is 4.37. The molecule has 0 saturated carbocycles. The van der Waals surface area contributed by atoms with Crippen LogP contribution < -0.4 is 0 Å². The molecule has 0 rings (SSSR count). The van der Waals surface area contributed by atoms with E-state index in [0.29, 0.717) is 0 Å². The van der Waals surface area contributed by atoms with Gasteiger partial charge in [-0.2, -0.15) is 0 Å². The minimum atomic E-state index is -1.88. The van der Waals surface area contributed by atoms with E-state index in [4.69, 9.17) is 8.85 Å². The summed E-state index contributed by atoms with van der Waals surface area (Å²) in [6.07, 6.45) is 1.12. The molecule has 1 unspecified atom stereocenters. The highest BCUT2D eigenvalue weighted by molar-refractivity contribution is 9.09. The molecule has 0 aromatic carbocycles. The fourth-order valence-electron chi connectivity index (χ4n) is 0.999. The first kappa shape index (κ1) is 13.1. The molecule has 0 aromatic rings. The average Bonchev–Trinajstić information content (AvgIpc) is 2.13. The van der Waals surface area contributed by atoms with Crippen molar-refractivity contribution >= 4 is 40.4 Å². The Labute approximate surface area is 92.5 Å². The summed E-state index contributed by atoms with van der Waals surface area (Å²) in [6, 6.07) is 1.06. The number of hydrogen-bond acceptors (Lipinski definition) is 2. The Hall–Kier alpha value is 1.10. The second-order valence-electron chi connectivity index (χ2n) is 2.54. The molecule has 0 heterocycles. The lowest BCUT2D eigenvalue weighted by atomic mass is 10.6. The van der Waals surface area contributed by atoms with Crippen molar-refractivity contribution in [2.24, 2.45) is 0 Å². The van der Waals surface area contributed by atoms with Gasteiger partial charge in [-0.15, -0.1) is 0 Å². The maximum absolute atomic E-state index is 5.74. The van der Waals surface area contributed by atoms with Crippen LogP contribution in [-0.4, -0.2) is 32.6 Å². The predicted molar refractivity (Wildman–Crippen MR) is 61.4 cm³/mol. The molecule has 0 bridgehead atoms. The van der Waals surface area contributed by atoms with Gasteiger partial charge in [0, 0.05) is 24.0 Å². The van der Waals surface area contributed by atoms with Crippen LogP contribution in [0.15, 0.2) is 0 Å². The second kappa shape index (κ2) is 7.50. The third-order valence-electron chi connectivity index (χ3n) is 1.65. The van der Waals surface area contributed by atoms with E-state index in [9.17, 15) is 0 Å². The maximum atomic E-state index is 5.74. The van der Waals surface area contributed by atoms with Crippen LogP contribution in [0.1, 0.15) is 13.3 Å². The second-order valence-corrected chi connectivity index (χ2v) is 8.30. The predicted octanol–water partition coefficient (Wildman–Crippen LogP) is 2.83. The lowest BCUT2D eigenvalue weighted by Gasteiger charge is -2.26. The van der Waals surface area contributed by atoms with Crippen LogP contribution in [0.25, 0.3) is 0 Å². The van der Waals surface area contributed by atoms with Gasteiger partial charge in [-0.1, -0.05) is 45.2 Å². The monoisotopic (exact) mass is 318 g/mol. The largest absolute Gasteiger partial charge is 0.397 e. The van der Waals surface area contributed by atoms with Crippen molar-refractivity contribution in [1.29, 1.82) is 0 Å². The Balaban J connectivity index is 3.95. The molecule has 0 spiro atoms. The van der Waals surface area contributed by atoms with Crippen molar-refractivity contribution < 1.29 is 8.85 Å². The zero-order chi connectivity index (χ0) is 9.45. The Kier molecular flexibility index (Phi) is 8.18. The third-order valence-corrected chi connectivity index (χ3v) is 7.68. The molecule has 0 radical (unpaired) electrons. The summed E-state index contributed by atoms with van der Waals surface area (Å²) < 4.78 is 11.2. The van der Waals surface area contributed by atoms with Crippen molar-refractivity contribution in [3.8, 4) is 0 Å². The number of hydrogen-bond donors (Lipinski definition) is 0. The minimum absolute atomic E-state index is 0.742. The molecule has 0 aliphatic rings. The van der Waals surface area contributed by atoms with Crippen LogP contribution in [-0.2, 0) is 8.85 Å². The van der Waals surface area contributed by atoms with Crippen LogP contribution in [0.4, 0.5) is 0 Å². The first-order valence-electron chi connectivity index (χ1n) is 4.05. The maximum Gasteiger partial charge on any atom is 0.348 e. The fourth-order valence-corrected chi connectivity index (χ4v) is 5.49.